The Morgan fingerprint density at radius 3 is 2.45 bits per heavy atom. The molecule has 4 rings (SSSR count). The highest BCUT2D eigenvalue weighted by Crippen LogP contribution is 2.26. The standard InChI is InChI=1S/C25H28N6O2/c1-17(18-8-3-2-4-9-18)28-22-15-23(27-16-21(22)24(26)32)29-19-10-7-11-20(14-19)30-25(33)31-12-5-6-13-31/h2-4,7-11,14-17H,5-6,12-13H2,1H3,(H2,26,32)(H,30,33)(H2,27,28,29). The number of amides is 3. The number of rotatable bonds is 7. The Kier molecular flexibility index (Phi) is 6.73. The Labute approximate surface area is 193 Å². The lowest BCUT2D eigenvalue weighted by Gasteiger charge is -2.19. The number of anilines is 4. The van der Waals surface area contributed by atoms with Crippen molar-refractivity contribution in [1.29, 1.82) is 0 Å². The predicted octanol–water partition coefficient (Wildman–Crippen LogP) is 4.72. The number of likely N-dealkylation sites (tertiary alicyclic amines) is 1. The van der Waals surface area contributed by atoms with Crippen LogP contribution in [0.2, 0.25) is 0 Å². The summed E-state index contributed by atoms with van der Waals surface area (Å²) in [4.78, 5) is 30.5. The molecule has 2 aromatic carbocycles. The molecule has 8 heteroatoms. The summed E-state index contributed by atoms with van der Waals surface area (Å²) < 4.78 is 0. The van der Waals surface area contributed by atoms with E-state index in [1.54, 1.807) is 6.07 Å². The van der Waals surface area contributed by atoms with E-state index in [1.165, 1.54) is 6.20 Å². The molecule has 0 bridgehead atoms. The van der Waals surface area contributed by atoms with Crippen molar-refractivity contribution in [3.63, 3.8) is 0 Å². The Bertz CT molecular complexity index is 1130. The zero-order valence-electron chi connectivity index (χ0n) is 18.5. The smallest absolute Gasteiger partial charge is 0.321 e. The van der Waals surface area contributed by atoms with Crippen molar-refractivity contribution in [2.45, 2.75) is 25.8 Å². The molecular weight excluding hydrogens is 416 g/mol. The van der Waals surface area contributed by atoms with Gasteiger partial charge in [0.2, 0.25) is 0 Å². The Morgan fingerprint density at radius 1 is 1.00 bits per heavy atom. The van der Waals surface area contributed by atoms with Crippen LogP contribution >= 0.6 is 0 Å². The molecular formula is C25H28N6O2. The van der Waals surface area contributed by atoms with Crippen molar-refractivity contribution in [3.8, 4) is 0 Å². The van der Waals surface area contributed by atoms with E-state index in [0.717, 1.165) is 37.2 Å². The number of hydrogen-bond acceptors (Lipinski definition) is 5. The fraction of sp³-hybridized carbons (Fsp3) is 0.240. The second-order valence-corrected chi connectivity index (χ2v) is 8.09. The van der Waals surface area contributed by atoms with Crippen LogP contribution in [-0.4, -0.2) is 34.9 Å². The number of urea groups is 1. The summed E-state index contributed by atoms with van der Waals surface area (Å²) >= 11 is 0. The van der Waals surface area contributed by atoms with Crippen LogP contribution < -0.4 is 21.7 Å². The van der Waals surface area contributed by atoms with Crippen LogP contribution in [0.15, 0.2) is 66.9 Å². The molecule has 1 atom stereocenters. The van der Waals surface area contributed by atoms with Crippen molar-refractivity contribution < 1.29 is 9.59 Å². The molecule has 1 aromatic heterocycles. The number of carbonyl (C=O) groups is 2. The molecule has 1 unspecified atom stereocenters. The van der Waals surface area contributed by atoms with Gasteiger partial charge in [-0.15, -0.1) is 0 Å². The number of nitrogens with two attached hydrogens (primary N) is 1. The Hall–Kier alpha value is -4.07. The van der Waals surface area contributed by atoms with Crippen LogP contribution in [0.4, 0.5) is 27.7 Å². The number of hydrogen-bond donors (Lipinski definition) is 4. The average molecular weight is 445 g/mol. The summed E-state index contributed by atoms with van der Waals surface area (Å²) in [6, 6.07) is 19.0. The first-order valence-electron chi connectivity index (χ1n) is 11.0. The van der Waals surface area contributed by atoms with E-state index < -0.39 is 5.91 Å². The first-order chi connectivity index (χ1) is 16.0. The van der Waals surface area contributed by atoms with Gasteiger partial charge in [0.25, 0.3) is 5.91 Å². The third-order valence-electron chi connectivity index (χ3n) is 5.62. The molecule has 0 spiro atoms. The molecule has 1 aliphatic rings. The molecule has 1 aliphatic heterocycles. The molecule has 0 saturated carbocycles. The molecule has 170 valence electrons. The van der Waals surface area contributed by atoms with Gasteiger partial charge < -0.3 is 26.6 Å². The van der Waals surface area contributed by atoms with E-state index >= 15 is 0 Å². The average Bonchev–Trinajstić information content (AvgIpc) is 3.35. The third kappa shape index (κ3) is 5.60. The summed E-state index contributed by atoms with van der Waals surface area (Å²) in [5.41, 5.74) is 9.01. The van der Waals surface area contributed by atoms with Crippen LogP contribution in [-0.2, 0) is 0 Å². The zero-order chi connectivity index (χ0) is 23.2. The zero-order valence-corrected chi connectivity index (χ0v) is 18.5. The molecule has 3 amide bonds. The minimum Gasteiger partial charge on any atom is -0.378 e. The summed E-state index contributed by atoms with van der Waals surface area (Å²) in [5.74, 6) is -0.00536. The highest BCUT2D eigenvalue weighted by molar-refractivity contribution is 5.98. The van der Waals surface area contributed by atoms with E-state index in [4.69, 9.17) is 5.73 Å². The molecule has 0 aliphatic carbocycles. The van der Waals surface area contributed by atoms with Gasteiger partial charge in [0.1, 0.15) is 5.82 Å². The number of nitrogens with zero attached hydrogens (tertiary/aromatic N) is 2. The van der Waals surface area contributed by atoms with Gasteiger partial charge in [-0.3, -0.25) is 4.79 Å². The lowest BCUT2D eigenvalue weighted by atomic mass is 10.1. The van der Waals surface area contributed by atoms with Crippen LogP contribution in [0.5, 0.6) is 0 Å². The van der Waals surface area contributed by atoms with Gasteiger partial charge in [-0.2, -0.15) is 0 Å². The molecule has 2 heterocycles. The molecule has 33 heavy (non-hydrogen) atoms. The van der Waals surface area contributed by atoms with Gasteiger partial charge in [-0.1, -0.05) is 36.4 Å². The minimum absolute atomic E-state index is 0.0383. The number of nitrogens with one attached hydrogen (secondary N) is 3. The first kappa shape index (κ1) is 22.1. The van der Waals surface area contributed by atoms with Crippen molar-refractivity contribution in [2.75, 3.05) is 29.0 Å². The normalized spacial score (nSPS) is 13.9. The van der Waals surface area contributed by atoms with Crippen molar-refractivity contribution in [2.24, 2.45) is 5.73 Å². The van der Waals surface area contributed by atoms with Gasteiger partial charge >= 0.3 is 6.03 Å². The Morgan fingerprint density at radius 2 is 1.73 bits per heavy atom. The quantitative estimate of drug-likeness (QED) is 0.421. The first-order valence-corrected chi connectivity index (χ1v) is 11.0. The van der Waals surface area contributed by atoms with Crippen molar-refractivity contribution in [3.05, 3.63) is 78.0 Å². The third-order valence-corrected chi connectivity index (χ3v) is 5.62. The lowest BCUT2D eigenvalue weighted by molar-refractivity contribution is 0.100. The SMILES string of the molecule is CC(Nc1cc(Nc2cccc(NC(=O)N3CCCC3)c2)ncc1C(N)=O)c1ccccc1. The van der Waals surface area contributed by atoms with Crippen LogP contribution in [0.1, 0.15) is 41.7 Å². The minimum atomic E-state index is -0.552. The lowest BCUT2D eigenvalue weighted by Crippen LogP contribution is -2.32. The fourth-order valence-corrected chi connectivity index (χ4v) is 3.84. The van der Waals surface area contributed by atoms with E-state index in [9.17, 15) is 9.59 Å². The molecule has 5 N–H and O–H groups in total. The number of benzene rings is 2. The number of carbonyl (C=O) groups excluding carboxylic acids is 2. The maximum absolute atomic E-state index is 12.4. The highest BCUT2D eigenvalue weighted by atomic mass is 16.2. The molecule has 3 aromatic rings. The van der Waals surface area contributed by atoms with Gasteiger partial charge in [0.15, 0.2) is 0 Å². The Balaban J connectivity index is 1.50. The summed E-state index contributed by atoms with van der Waals surface area (Å²) in [6.07, 6.45) is 3.55. The molecule has 1 saturated heterocycles. The topological polar surface area (TPSA) is 112 Å². The maximum atomic E-state index is 12.4. The van der Waals surface area contributed by atoms with Gasteiger partial charge in [0.05, 0.1) is 11.3 Å². The number of primary amides is 1. The van der Waals surface area contributed by atoms with Crippen molar-refractivity contribution >= 4 is 34.8 Å². The van der Waals surface area contributed by atoms with E-state index in [-0.39, 0.29) is 12.1 Å². The van der Waals surface area contributed by atoms with E-state index in [2.05, 4.69) is 20.9 Å². The van der Waals surface area contributed by atoms with Crippen molar-refractivity contribution in [1.82, 2.24) is 9.88 Å². The fourth-order valence-electron chi connectivity index (χ4n) is 3.84. The molecule has 0 radical (unpaired) electrons. The van der Waals surface area contributed by atoms with Gasteiger partial charge in [-0.05, 0) is 43.5 Å². The second kappa shape index (κ2) is 10.0. The monoisotopic (exact) mass is 444 g/mol. The predicted molar refractivity (Wildman–Crippen MR) is 131 cm³/mol. The van der Waals surface area contributed by atoms with E-state index in [1.807, 2.05) is 66.4 Å². The summed E-state index contributed by atoms with van der Waals surface area (Å²) in [6.45, 7) is 3.59. The van der Waals surface area contributed by atoms with Gasteiger partial charge in [-0.25, -0.2) is 9.78 Å². The van der Waals surface area contributed by atoms with Gasteiger partial charge in [0, 0.05) is 42.8 Å². The maximum Gasteiger partial charge on any atom is 0.321 e. The molecule has 1 fully saturated rings. The highest BCUT2D eigenvalue weighted by Gasteiger charge is 2.18. The number of pyridine rings is 1. The van der Waals surface area contributed by atoms with E-state index in [0.29, 0.717) is 22.8 Å². The summed E-state index contributed by atoms with van der Waals surface area (Å²) in [5, 5.41) is 9.54. The molecule has 8 nitrogen and oxygen atoms in total. The largest absolute Gasteiger partial charge is 0.378 e. The number of aromatic nitrogens is 1. The van der Waals surface area contributed by atoms with Crippen LogP contribution in [0.3, 0.4) is 0 Å². The second-order valence-electron chi connectivity index (χ2n) is 8.09. The summed E-state index contributed by atoms with van der Waals surface area (Å²) in [7, 11) is 0. The van der Waals surface area contributed by atoms with Crippen LogP contribution in [0, 0.1) is 0 Å². The van der Waals surface area contributed by atoms with Crippen LogP contribution in [0.25, 0.3) is 0 Å².